The first-order valence-electron chi connectivity index (χ1n) is 7.49. The fourth-order valence-electron chi connectivity index (χ4n) is 2.47. The Morgan fingerprint density at radius 2 is 1.50 bits per heavy atom. The maximum atomic E-state index is 6.06. The number of nitrogens with zero attached hydrogens (tertiary/aromatic N) is 3. The van der Waals surface area contributed by atoms with Gasteiger partial charge in [-0.15, -0.1) is 0 Å². The van der Waals surface area contributed by atoms with Crippen molar-refractivity contribution in [2.45, 2.75) is 0 Å². The molecule has 0 bridgehead atoms. The van der Waals surface area contributed by atoms with Gasteiger partial charge in [0.15, 0.2) is 5.65 Å². The molecule has 2 heterocycles. The summed E-state index contributed by atoms with van der Waals surface area (Å²) < 4.78 is 1.70. The van der Waals surface area contributed by atoms with E-state index in [1.165, 1.54) is 0 Å². The molecule has 24 heavy (non-hydrogen) atoms. The molecule has 0 aliphatic rings. The van der Waals surface area contributed by atoms with E-state index >= 15 is 0 Å². The normalized spacial score (nSPS) is 10.4. The summed E-state index contributed by atoms with van der Waals surface area (Å²) >= 11 is 6.06. The monoisotopic (exact) mass is 329 g/mol. The lowest BCUT2D eigenvalue weighted by Gasteiger charge is -1.98. The second kappa shape index (κ2) is 6.19. The molecule has 0 N–H and O–H groups in total. The van der Waals surface area contributed by atoms with Crippen LogP contribution in [0.15, 0.2) is 72.8 Å². The van der Waals surface area contributed by atoms with E-state index < -0.39 is 0 Å². The molecule has 0 saturated heterocycles. The number of rotatable bonds is 1. The van der Waals surface area contributed by atoms with Gasteiger partial charge in [0.05, 0.1) is 0 Å². The lowest BCUT2D eigenvalue weighted by molar-refractivity contribution is 0.924. The van der Waals surface area contributed by atoms with Crippen LogP contribution in [0, 0.1) is 11.8 Å². The number of halogens is 1. The topological polar surface area (TPSA) is 30.2 Å². The Balaban J connectivity index is 1.95. The van der Waals surface area contributed by atoms with Crippen LogP contribution in [0.3, 0.4) is 0 Å². The molecule has 114 valence electrons. The molecule has 2 aromatic heterocycles. The zero-order valence-corrected chi connectivity index (χ0v) is 13.4. The van der Waals surface area contributed by atoms with Gasteiger partial charge in [0.2, 0.25) is 0 Å². The molecule has 0 atom stereocenters. The van der Waals surface area contributed by atoms with Crippen molar-refractivity contribution < 1.29 is 0 Å². The molecular formula is C20H12ClN3. The highest BCUT2D eigenvalue weighted by Gasteiger charge is 2.13. The predicted octanol–water partition coefficient (Wildman–Crippen LogP) is 4.45. The van der Waals surface area contributed by atoms with Crippen molar-refractivity contribution in [1.29, 1.82) is 0 Å². The Hall–Kier alpha value is -3.09. The first kappa shape index (κ1) is 14.5. The van der Waals surface area contributed by atoms with Gasteiger partial charge >= 0.3 is 0 Å². The third-order valence-corrected chi connectivity index (χ3v) is 3.79. The Kier molecular flexibility index (Phi) is 3.74. The van der Waals surface area contributed by atoms with E-state index in [1.54, 1.807) is 10.6 Å². The highest BCUT2D eigenvalue weighted by molar-refractivity contribution is 6.29. The Bertz CT molecular complexity index is 1060. The van der Waals surface area contributed by atoms with Crippen LogP contribution < -0.4 is 0 Å². The maximum Gasteiger partial charge on any atom is 0.155 e. The van der Waals surface area contributed by atoms with Crippen LogP contribution in [0.2, 0.25) is 5.15 Å². The molecule has 4 rings (SSSR count). The van der Waals surface area contributed by atoms with Crippen molar-refractivity contribution >= 4 is 17.2 Å². The van der Waals surface area contributed by atoms with Crippen LogP contribution in [0.5, 0.6) is 0 Å². The fourth-order valence-corrected chi connectivity index (χ4v) is 2.61. The SMILES string of the molecule is Clc1ccc2nc(-c3ccccc3)c(C#Cc3ccccc3)n2n1. The largest absolute Gasteiger partial charge is 0.226 e. The van der Waals surface area contributed by atoms with Crippen LogP contribution in [0.4, 0.5) is 0 Å². The maximum absolute atomic E-state index is 6.06. The van der Waals surface area contributed by atoms with Gasteiger partial charge in [-0.05, 0) is 30.2 Å². The minimum atomic E-state index is 0.405. The third kappa shape index (κ3) is 2.76. The van der Waals surface area contributed by atoms with Crippen LogP contribution in [0.25, 0.3) is 16.9 Å². The standard InChI is InChI=1S/C20H12ClN3/c21-18-13-14-19-22-20(16-9-5-2-6-10-16)17(24(19)23-18)12-11-15-7-3-1-4-8-15/h1-10,13-14H. The molecule has 4 aromatic rings. The van der Waals surface area contributed by atoms with Crippen molar-refractivity contribution in [1.82, 2.24) is 14.6 Å². The van der Waals surface area contributed by atoms with E-state index in [9.17, 15) is 0 Å². The molecule has 0 amide bonds. The summed E-state index contributed by atoms with van der Waals surface area (Å²) in [5.41, 5.74) is 4.18. The first-order valence-corrected chi connectivity index (χ1v) is 7.87. The van der Waals surface area contributed by atoms with Crippen molar-refractivity contribution in [3.8, 4) is 23.1 Å². The second-order valence-electron chi connectivity index (χ2n) is 5.22. The highest BCUT2D eigenvalue weighted by Crippen LogP contribution is 2.23. The van der Waals surface area contributed by atoms with Gasteiger partial charge in [-0.3, -0.25) is 0 Å². The second-order valence-corrected chi connectivity index (χ2v) is 5.60. The van der Waals surface area contributed by atoms with Gasteiger partial charge in [-0.2, -0.15) is 5.10 Å². The lowest BCUT2D eigenvalue weighted by atomic mass is 10.1. The third-order valence-electron chi connectivity index (χ3n) is 3.59. The number of imidazole rings is 1. The van der Waals surface area contributed by atoms with E-state index in [0.717, 1.165) is 28.2 Å². The van der Waals surface area contributed by atoms with Gasteiger partial charge in [0.25, 0.3) is 0 Å². The summed E-state index contributed by atoms with van der Waals surface area (Å²) in [6.07, 6.45) is 0. The molecule has 0 spiro atoms. The van der Waals surface area contributed by atoms with E-state index in [0.29, 0.717) is 5.15 Å². The number of aromatic nitrogens is 3. The summed E-state index contributed by atoms with van der Waals surface area (Å²) in [6.45, 7) is 0. The Morgan fingerprint density at radius 1 is 0.792 bits per heavy atom. The van der Waals surface area contributed by atoms with E-state index in [4.69, 9.17) is 11.6 Å². The molecule has 0 saturated carbocycles. The van der Waals surface area contributed by atoms with Crippen LogP contribution in [0.1, 0.15) is 11.3 Å². The number of hydrogen-bond acceptors (Lipinski definition) is 2. The van der Waals surface area contributed by atoms with Crippen LogP contribution in [-0.4, -0.2) is 14.6 Å². The fraction of sp³-hybridized carbons (Fsp3) is 0. The molecule has 3 nitrogen and oxygen atoms in total. The van der Waals surface area contributed by atoms with E-state index in [2.05, 4.69) is 21.9 Å². The zero-order chi connectivity index (χ0) is 16.4. The molecule has 0 fully saturated rings. The summed E-state index contributed by atoms with van der Waals surface area (Å²) in [5.74, 6) is 6.38. The average Bonchev–Trinajstić information content (AvgIpc) is 2.99. The smallest absolute Gasteiger partial charge is 0.155 e. The van der Waals surface area contributed by atoms with Gasteiger partial charge in [-0.25, -0.2) is 9.50 Å². The highest BCUT2D eigenvalue weighted by atomic mass is 35.5. The summed E-state index contributed by atoms with van der Waals surface area (Å²) in [4.78, 5) is 4.68. The van der Waals surface area contributed by atoms with Crippen molar-refractivity contribution in [3.63, 3.8) is 0 Å². The average molecular weight is 330 g/mol. The first-order chi connectivity index (χ1) is 11.8. The molecule has 2 aromatic carbocycles. The van der Waals surface area contributed by atoms with Gasteiger partial charge < -0.3 is 0 Å². The van der Waals surface area contributed by atoms with Crippen molar-refractivity contribution in [2.75, 3.05) is 0 Å². The molecule has 0 unspecified atom stereocenters. The van der Waals surface area contributed by atoms with Crippen molar-refractivity contribution in [3.05, 3.63) is 89.2 Å². The summed E-state index contributed by atoms with van der Waals surface area (Å²) in [5, 5.41) is 4.76. The number of hydrogen-bond donors (Lipinski definition) is 0. The Labute approximate surface area is 144 Å². The summed E-state index contributed by atoms with van der Waals surface area (Å²) in [6, 6.07) is 23.4. The molecule has 4 heteroatoms. The van der Waals surface area contributed by atoms with Gasteiger partial charge in [-0.1, -0.05) is 66.1 Å². The van der Waals surface area contributed by atoms with E-state index in [1.807, 2.05) is 66.7 Å². The summed E-state index contributed by atoms with van der Waals surface area (Å²) in [7, 11) is 0. The Morgan fingerprint density at radius 3 is 2.25 bits per heavy atom. The molecule has 0 aliphatic carbocycles. The zero-order valence-electron chi connectivity index (χ0n) is 12.6. The van der Waals surface area contributed by atoms with Gasteiger partial charge in [0, 0.05) is 11.1 Å². The van der Waals surface area contributed by atoms with Crippen LogP contribution in [-0.2, 0) is 0 Å². The molecule has 0 aliphatic heterocycles. The van der Waals surface area contributed by atoms with E-state index in [-0.39, 0.29) is 0 Å². The minimum Gasteiger partial charge on any atom is -0.226 e. The quantitative estimate of drug-likeness (QED) is 0.483. The lowest BCUT2D eigenvalue weighted by Crippen LogP contribution is -1.95. The number of benzene rings is 2. The minimum absolute atomic E-state index is 0.405. The predicted molar refractivity (Wildman–Crippen MR) is 95.9 cm³/mol. The molecular weight excluding hydrogens is 318 g/mol. The van der Waals surface area contributed by atoms with Crippen LogP contribution >= 0.6 is 11.6 Å². The van der Waals surface area contributed by atoms with Crippen molar-refractivity contribution in [2.24, 2.45) is 0 Å². The molecule has 0 radical (unpaired) electrons. The van der Waals surface area contributed by atoms with Gasteiger partial charge in [0.1, 0.15) is 16.5 Å². The number of fused-ring (bicyclic) bond motifs is 1.